The maximum Gasteiger partial charge on any atom is 0.263 e. The highest BCUT2D eigenvalue weighted by molar-refractivity contribution is 5.89. The molecule has 2 heterocycles. The van der Waals surface area contributed by atoms with Gasteiger partial charge in [0.15, 0.2) is 0 Å². The molecule has 0 aliphatic carbocycles. The number of aryl methyl sites for hydroxylation is 1. The highest BCUT2D eigenvalue weighted by atomic mass is 16.5. The average Bonchev–Trinajstić information content (AvgIpc) is 2.84. The van der Waals surface area contributed by atoms with Crippen molar-refractivity contribution in [2.45, 2.75) is 13.8 Å². The number of hydrogen-bond donors (Lipinski definition) is 1. The molecule has 0 bridgehead atoms. The highest BCUT2D eigenvalue weighted by Crippen LogP contribution is 2.25. The zero-order valence-electron chi connectivity index (χ0n) is 11.3. The first-order valence-electron chi connectivity index (χ1n) is 6.34. The summed E-state index contributed by atoms with van der Waals surface area (Å²) in [5, 5.41) is 7.99. The lowest BCUT2D eigenvalue weighted by molar-refractivity contribution is 0.442. The fraction of sp³-hybridized carbons (Fsp3) is 0.133. The zero-order chi connectivity index (χ0) is 13.9. The lowest BCUT2D eigenvalue weighted by atomic mass is 10.2. The predicted molar refractivity (Wildman–Crippen MR) is 78.8 cm³/mol. The summed E-state index contributed by atoms with van der Waals surface area (Å²) in [6.45, 7) is 3.87. The third-order valence-corrected chi connectivity index (χ3v) is 2.98. The highest BCUT2D eigenvalue weighted by Gasteiger charge is 2.11. The van der Waals surface area contributed by atoms with Crippen LogP contribution in [0.25, 0.3) is 17.2 Å². The molecule has 0 spiro atoms. The van der Waals surface area contributed by atoms with Gasteiger partial charge in [0.25, 0.3) is 5.71 Å². The number of anilines is 2. The molecule has 3 aromatic rings. The Labute approximate surface area is 116 Å². The van der Waals surface area contributed by atoms with E-state index >= 15 is 0 Å². The smallest absolute Gasteiger partial charge is 0.263 e. The van der Waals surface area contributed by atoms with Crippen molar-refractivity contribution >= 4 is 28.7 Å². The molecule has 0 atom stereocenters. The number of fused-ring (bicyclic) bond motifs is 1. The minimum Gasteiger partial charge on any atom is -0.339 e. The summed E-state index contributed by atoms with van der Waals surface area (Å²) in [4.78, 5) is 8.31. The maximum atomic E-state index is 5.13. The maximum absolute atomic E-state index is 5.13. The van der Waals surface area contributed by atoms with Gasteiger partial charge >= 0.3 is 0 Å². The Morgan fingerprint density at radius 1 is 1.15 bits per heavy atom. The fourth-order valence-corrected chi connectivity index (χ4v) is 2.02. The molecule has 0 saturated carbocycles. The van der Waals surface area contributed by atoms with Crippen molar-refractivity contribution in [3.05, 3.63) is 47.9 Å². The predicted octanol–water partition coefficient (Wildman–Crippen LogP) is 3.70. The molecule has 0 unspecified atom stereocenters. The minimum atomic E-state index is 0.491. The molecule has 0 fully saturated rings. The van der Waals surface area contributed by atoms with Crippen LogP contribution in [-0.4, -0.2) is 15.1 Å². The SMILES string of the molecule is C/C=C/c1ccc(Nc2ncnc3onc(C)c23)cc1. The molecule has 0 radical (unpaired) electrons. The van der Waals surface area contributed by atoms with Crippen LogP contribution in [0.3, 0.4) is 0 Å². The summed E-state index contributed by atoms with van der Waals surface area (Å²) in [6, 6.07) is 8.10. The molecule has 5 nitrogen and oxygen atoms in total. The number of nitrogens with zero attached hydrogens (tertiary/aromatic N) is 3. The first kappa shape index (κ1) is 12.3. The normalized spacial score (nSPS) is 11.3. The van der Waals surface area contributed by atoms with Crippen LogP contribution in [-0.2, 0) is 0 Å². The lowest BCUT2D eigenvalue weighted by Crippen LogP contribution is -1.95. The molecule has 100 valence electrons. The molecule has 0 saturated heterocycles. The van der Waals surface area contributed by atoms with Gasteiger partial charge in [-0.05, 0) is 31.5 Å². The van der Waals surface area contributed by atoms with Gasteiger partial charge in [-0.25, -0.2) is 4.98 Å². The Kier molecular flexibility index (Phi) is 3.16. The van der Waals surface area contributed by atoms with Crippen molar-refractivity contribution in [1.29, 1.82) is 0 Å². The molecule has 1 aromatic carbocycles. The second kappa shape index (κ2) is 5.13. The summed E-state index contributed by atoms with van der Waals surface area (Å²) in [7, 11) is 0. The van der Waals surface area contributed by atoms with Crippen molar-refractivity contribution in [1.82, 2.24) is 15.1 Å². The number of allylic oxidation sites excluding steroid dienone is 1. The van der Waals surface area contributed by atoms with Gasteiger partial charge in [-0.15, -0.1) is 0 Å². The second-order valence-corrected chi connectivity index (χ2v) is 4.42. The monoisotopic (exact) mass is 266 g/mol. The number of rotatable bonds is 3. The van der Waals surface area contributed by atoms with Gasteiger partial charge in [-0.1, -0.05) is 29.4 Å². The summed E-state index contributed by atoms with van der Waals surface area (Å²) in [5.74, 6) is 0.701. The van der Waals surface area contributed by atoms with Gasteiger partial charge in [0, 0.05) is 5.69 Å². The summed E-state index contributed by atoms with van der Waals surface area (Å²) in [6.07, 6.45) is 5.52. The first-order chi connectivity index (χ1) is 9.78. The van der Waals surface area contributed by atoms with Gasteiger partial charge in [0.05, 0.1) is 5.69 Å². The van der Waals surface area contributed by atoms with Crippen LogP contribution >= 0.6 is 0 Å². The molecule has 20 heavy (non-hydrogen) atoms. The quantitative estimate of drug-likeness (QED) is 0.783. The van der Waals surface area contributed by atoms with Crippen LogP contribution in [0.1, 0.15) is 18.2 Å². The molecular weight excluding hydrogens is 252 g/mol. The zero-order valence-corrected chi connectivity index (χ0v) is 11.3. The molecule has 0 aliphatic heterocycles. The van der Waals surface area contributed by atoms with Crippen molar-refractivity contribution in [2.24, 2.45) is 0 Å². The third-order valence-electron chi connectivity index (χ3n) is 2.98. The van der Waals surface area contributed by atoms with Crippen LogP contribution in [0.2, 0.25) is 0 Å². The topological polar surface area (TPSA) is 63.8 Å². The molecule has 5 heteroatoms. The van der Waals surface area contributed by atoms with E-state index in [-0.39, 0.29) is 0 Å². The van der Waals surface area contributed by atoms with Crippen molar-refractivity contribution < 1.29 is 4.52 Å². The fourth-order valence-electron chi connectivity index (χ4n) is 2.02. The van der Waals surface area contributed by atoms with Crippen molar-refractivity contribution in [3.8, 4) is 0 Å². The first-order valence-corrected chi connectivity index (χ1v) is 6.34. The summed E-state index contributed by atoms with van der Waals surface area (Å²) < 4.78 is 5.13. The molecule has 1 N–H and O–H groups in total. The van der Waals surface area contributed by atoms with Gasteiger partial charge < -0.3 is 9.84 Å². The Morgan fingerprint density at radius 3 is 2.70 bits per heavy atom. The summed E-state index contributed by atoms with van der Waals surface area (Å²) >= 11 is 0. The van der Waals surface area contributed by atoms with Crippen LogP contribution in [0, 0.1) is 6.92 Å². The summed E-state index contributed by atoms with van der Waals surface area (Å²) in [5.41, 5.74) is 3.38. The number of hydrogen-bond acceptors (Lipinski definition) is 5. The Hall–Kier alpha value is -2.69. The standard InChI is InChI=1S/C15H14N4O/c1-3-4-11-5-7-12(8-6-11)18-14-13-10(2)19-20-15(13)17-9-16-14/h3-9H,1-2H3,(H,16,17,18)/b4-3+. The van der Waals surface area contributed by atoms with E-state index in [4.69, 9.17) is 4.52 Å². The number of benzene rings is 1. The van der Waals surface area contributed by atoms with Gasteiger partial charge in [-0.3, -0.25) is 0 Å². The van der Waals surface area contributed by atoms with Crippen molar-refractivity contribution in [2.75, 3.05) is 5.32 Å². The Balaban J connectivity index is 1.94. The molecule has 0 amide bonds. The second-order valence-electron chi connectivity index (χ2n) is 4.42. The van der Waals surface area contributed by atoms with Crippen LogP contribution in [0.4, 0.5) is 11.5 Å². The van der Waals surface area contributed by atoms with E-state index in [1.807, 2.05) is 44.2 Å². The van der Waals surface area contributed by atoms with Crippen LogP contribution in [0.5, 0.6) is 0 Å². The number of aromatic nitrogens is 3. The van der Waals surface area contributed by atoms with E-state index in [0.717, 1.165) is 22.3 Å². The Morgan fingerprint density at radius 2 is 1.95 bits per heavy atom. The van der Waals surface area contributed by atoms with E-state index in [1.54, 1.807) is 0 Å². The number of nitrogens with one attached hydrogen (secondary N) is 1. The molecular formula is C15H14N4O. The Bertz CT molecular complexity index is 759. The van der Waals surface area contributed by atoms with E-state index in [2.05, 4.69) is 26.5 Å². The van der Waals surface area contributed by atoms with Crippen molar-refractivity contribution in [3.63, 3.8) is 0 Å². The minimum absolute atomic E-state index is 0.491. The van der Waals surface area contributed by atoms with E-state index in [9.17, 15) is 0 Å². The van der Waals surface area contributed by atoms with Gasteiger partial charge in [0.1, 0.15) is 17.5 Å². The van der Waals surface area contributed by atoms with Gasteiger partial charge in [-0.2, -0.15) is 4.98 Å². The largest absolute Gasteiger partial charge is 0.339 e. The van der Waals surface area contributed by atoms with E-state index in [1.165, 1.54) is 6.33 Å². The van der Waals surface area contributed by atoms with Crippen LogP contribution in [0.15, 0.2) is 41.2 Å². The van der Waals surface area contributed by atoms with E-state index < -0.39 is 0 Å². The molecule has 2 aromatic heterocycles. The molecule has 0 aliphatic rings. The van der Waals surface area contributed by atoms with Crippen LogP contribution < -0.4 is 5.32 Å². The molecule has 3 rings (SSSR count). The van der Waals surface area contributed by atoms with E-state index in [0.29, 0.717) is 11.5 Å². The third kappa shape index (κ3) is 2.25. The average molecular weight is 266 g/mol. The van der Waals surface area contributed by atoms with Gasteiger partial charge in [0.2, 0.25) is 0 Å². The lowest BCUT2D eigenvalue weighted by Gasteiger charge is -2.06.